The topological polar surface area (TPSA) is 103 Å². The van der Waals surface area contributed by atoms with E-state index in [0.717, 1.165) is 6.07 Å². The van der Waals surface area contributed by atoms with E-state index in [2.05, 4.69) is 21.6 Å². The van der Waals surface area contributed by atoms with Crippen LogP contribution in [0.5, 0.6) is 0 Å². The van der Waals surface area contributed by atoms with E-state index >= 15 is 0 Å². The summed E-state index contributed by atoms with van der Waals surface area (Å²) in [5.74, 6) is -2.71. The van der Waals surface area contributed by atoms with Gasteiger partial charge in [-0.05, 0) is 18.2 Å². The molecule has 0 spiro atoms. The third kappa shape index (κ3) is 6.54. The first-order valence-electron chi connectivity index (χ1n) is 10.2. The molecule has 0 unspecified atom stereocenters. The Balaban J connectivity index is 1.41. The summed E-state index contributed by atoms with van der Waals surface area (Å²) < 4.78 is 51.7. The standard InChI is InChI=1S/C22H21F4N5O3/c23-17-12-15(22(24,25)26)6-7-16(17)20(33)28-10-11-31-13-18(29-30-31)21(34)27-9-8-19(32)14-4-2-1-3-5-14/h1-7,12-13,29-30H,8-11H2,(H,27,34)(H,28,33). The van der Waals surface area contributed by atoms with Gasteiger partial charge in [-0.25, -0.2) is 4.39 Å². The first-order chi connectivity index (χ1) is 16.1. The summed E-state index contributed by atoms with van der Waals surface area (Å²) in [7, 11) is 0. The SMILES string of the molecule is O=C(NCCC(=O)c1ccccc1)C1=CN(CCNC(=O)c2ccc(C(F)(F)F)cc2F)NN1. The Morgan fingerprint density at radius 3 is 2.32 bits per heavy atom. The number of carbonyl (C=O) groups is 3. The molecule has 1 heterocycles. The molecule has 0 fully saturated rings. The molecule has 34 heavy (non-hydrogen) atoms. The summed E-state index contributed by atoms with van der Waals surface area (Å²) in [6.45, 7) is 0.301. The molecule has 0 bridgehead atoms. The molecule has 2 amide bonds. The van der Waals surface area contributed by atoms with Crippen LogP contribution >= 0.6 is 0 Å². The number of ketones is 1. The van der Waals surface area contributed by atoms with Gasteiger partial charge >= 0.3 is 6.18 Å². The minimum Gasteiger partial charge on any atom is -0.350 e. The van der Waals surface area contributed by atoms with E-state index in [1.807, 2.05) is 0 Å². The van der Waals surface area contributed by atoms with E-state index in [-0.39, 0.29) is 43.6 Å². The second-order valence-corrected chi connectivity index (χ2v) is 7.22. The van der Waals surface area contributed by atoms with Gasteiger partial charge in [0.1, 0.15) is 11.5 Å². The Bertz CT molecular complexity index is 1090. The number of benzene rings is 2. The zero-order valence-electron chi connectivity index (χ0n) is 17.7. The first-order valence-corrected chi connectivity index (χ1v) is 10.2. The maximum atomic E-state index is 13.9. The Kier molecular flexibility index (Phi) is 7.84. The Labute approximate surface area is 191 Å². The molecule has 4 N–H and O–H groups in total. The molecule has 3 rings (SSSR count). The van der Waals surface area contributed by atoms with Crippen molar-refractivity contribution in [1.82, 2.24) is 26.6 Å². The van der Waals surface area contributed by atoms with Crippen LogP contribution in [0.15, 0.2) is 60.4 Å². The molecule has 180 valence electrons. The molecular weight excluding hydrogens is 458 g/mol. The van der Waals surface area contributed by atoms with Crippen LogP contribution in [0, 0.1) is 5.82 Å². The maximum absolute atomic E-state index is 13.9. The van der Waals surface area contributed by atoms with Crippen LogP contribution in [0.2, 0.25) is 0 Å². The van der Waals surface area contributed by atoms with Gasteiger partial charge in [0.2, 0.25) is 0 Å². The number of Topliss-reactive ketones (excluding diaryl/α,β-unsaturated/α-hetero) is 1. The fourth-order valence-electron chi connectivity index (χ4n) is 3.00. The molecule has 1 aliphatic heterocycles. The lowest BCUT2D eigenvalue weighted by atomic mass is 10.1. The molecule has 2 aromatic rings. The number of alkyl halides is 3. The second kappa shape index (κ2) is 10.8. The zero-order chi connectivity index (χ0) is 24.7. The third-order valence-corrected chi connectivity index (χ3v) is 4.78. The summed E-state index contributed by atoms with van der Waals surface area (Å²) in [6.07, 6.45) is -3.15. The normalized spacial score (nSPS) is 13.2. The van der Waals surface area contributed by atoms with Crippen LogP contribution in [0.1, 0.15) is 32.7 Å². The average Bonchev–Trinajstić information content (AvgIpc) is 3.28. The van der Waals surface area contributed by atoms with Gasteiger partial charge in [0.25, 0.3) is 11.8 Å². The van der Waals surface area contributed by atoms with Crippen molar-refractivity contribution in [3.05, 3.63) is 82.9 Å². The van der Waals surface area contributed by atoms with E-state index in [1.54, 1.807) is 30.3 Å². The lowest BCUT2D eigenvalue weighted by molar-refractivity contribution is -0.137. The van der Waals surface area contributed by atoms with Gasteiger partial charge in [-0.1, -0.05) is 30.3 Å². The van der Waals surface area contributed by atoms with E-state index in [9.17, 15) is 31.9 Å². The van der Waals surface area contributed by atoms with Crippen LogP contribution in [-0.2, 0) is 11.0 Å². The highest BCUT2D eigenvalue weighted by molar-refractivity contribution is 5.97. The number of hydrogen-bond acceptors (Lipinski definition) is 6. The molecular formula is C22H21F4N5O3. The second-order valence-electron chi connectivity index (χ2n) is 7.22. The van der Waals surface area contributed by atoms with E-state index in [4.69, 9.17) is 0 Å². The van der Waals surface area contributed by atoms with Crippen molar-refractivity contribution < 1.29 is 31.9 Å². The van der Waals surface area contributed by atoms with Crippen LogP contribution in [0.4, 0.5) is 17.6 Å². The van der Waals surface area contributed by atoms with Crippen molar-refractivity contribution in [1.29, 1.82) is 0 Å². The fourth-order valence-corrected chi connectivity index (χ4v) is 3.00. The lowest BCUT2D eigenvalue weighted by Gasteiger charge is -2.15. The third-order valence-electron chi connectivity index (χ3n) is 4.78. The smallest absolute Gasteiger partial charge is 0.350 e. The Hall–Kier alpha value is -3.93. The fraction of sp³-hybridized carbons (Fsp3) is 0.227. The molecule has 1 aliphatic rings. The molecule has 2 aromatic carbocycles. The number of nitrogens with zero attached hydrogens (tertiary/aromatic N) is 1. The molecule has 0 saturated carbocycles. The van der Waals surface area contributed by atoms with Crippen molar-refractivity contribution in [3.63, 3.8) is 0 Å². The summed E-state index contributed by atoms with van der Waals surface area (Å²) in [5, 5.41) is 6.45. The highest BCUT2D eigenvalue weighted by Gasteiger charge is 2.31. The molecule has 0 aromatic heterocycles. The summed E-state index contributed by atoms with van der Waals surface area (Å²) in [5.41, 5.74) is 4.34. The number of hydrazine groups is 2. The molecule has 0 saturated heterocycles. The Morgan fingerprint density at radius 2 is 1.65 bits per heavy atom. The molecule has 0 atom stereocenters. The van der Waals surface area contributed by atoms with Crippen molar-refractivity contribution in [2.45, 2.75) is 12.6 Å². The summed E-state index contributed by atoms with van der Waals surface area (Å²) in [6, 6.07) is 10.4. The molecule has 12 heteroatoms. The van der Waals surface area contributed by atoms with E-state index in [0.29, 0.717) is 11.6 Å². The highest BCUT2D eigenvalue weighted by atomic mass is 19.4. The van der Waals surface area contributed by atoms with Gasteiger partial charge < -0.3 is 10.6 Å². The van der Waals surface area contributed by atoms with Crippen molar-refractivity contribution in [3.8, 4) is 0 Å². The number of hydrogen-bond donors (Lipinski definition) is 4. The minimum absolute atomic E-state index is 0.00491. The number of rotatable bonds is 9. The van der Waals surface area contributed by atoms with Crippen LogP contribution in [0.3, 0.4) is 0 Å². The van der Waals surface area contributed by atoms with Gasteiger partial charge in [0.15, 0.2) is 5.78 Å². The largest absolute Gasteiger partial charge is 0.416 e. The van der Waals surface area contributed by atoms with Gasteiger partial charge in [-0.2, -0.15) is 13.2 Å². The van der Waals surface area contributed by atoms with Crippen molar-refractivity contribution in [2.24, 2.45) is 0 Å². The van der Waals surface area contributed by atoms with Gasteiger partial charge in [0.05, 0.1) is 17.7 Å². The van der Waals surface area contributed by atoms with Gasteiger partial charge in [0, 0.05) is 31.3 Å². The molecule has 0 radical (unpaired) electrons. The predicted molar refractivity (Wildman–Crippen MR) is 113 cm³/mol. The Morgan fingerprint density at radius 1 is 0.941 bits per heavy atom. The number of carbonyl (C=O) groups excluding carboxylic acids is 3. The predicted octanol–water partition coefficient (Wildman–Crippen LogP) is 2.13. The van der Waals surface area contributed by atoms with Crippen LogP contribution in [0.25, 0.3) is 0 Å². The first kappa shape index (κ1) is 24.7. The van der Waals surface area contributed by atoms with Crippen molar-refractivity contribution >= 4 is 17.6 Å². The lowest BCUT2D eigenvalue weighted by Crippen LogP contribution is -2.42. The number of nitrogens with one attached hydrogen (secondary N) is 4. The summed E-state index contributed by atoms with van der Waals surface area (Å²) >= 11 is 0. The quantitative estimate of drug-likeness (QED) is 0.325. The molecule has 8 nitrogen and oxygen atoms in total. The summed E-state index contributed by atoms with van der Waals surface area (Å²) in [4.78, 5) is 36.3. The number of halogens is 4. The average molecular weight is 479 g/mol. The minimum atomic E-state index is -4.71. The van der Waals surface area contributed by atoms with Crippen molar-refractivity contribution in [2.75, 3.05) is 19.6 Å². The van der Waals surface area contributed by atoms with Crippen LogP contribution < -0.4 is 21.6 Å². The van der Waals surface area contributed by atoms with Gasteiger partial charge in [-0.15, -0.1) is 5.53 Å². The van der Waals surface area contributed by atoms with E-state index in [1.165, 1.54) is 11.2 Å². The highest BCUT2D eigenvalue weighted by Crippen LogP contribution is 2.30. The maximum Gasteiger partial charge on any atom is 0.416 e. The van der Waals surface area contributed by atoms with Gasteiger partial charge in [-0.3, -0.25) is 24.8 Å². The monoisotopic (exact) mass is 479 g/mol. The van der Waals surface area contributed by atoms with E-state index < -0.39 is 34.9 Å². The number of amides is 2. The zero-order valence-corrected chi connectivity index (χ0v) is 17.7. The van der Waals surface area contributed by atoms with Crippen LogP contribution in [-0.4, -0.2) is 42.2 Å². The molecule has 0 aliphatic carbocycles.